The Morgan fingerprint density at radius 1 is 0.346 bits per heavy atom. The minimum atomic E-state index is -2.43. The molecule has 2 rings (SSSR count). The van der Waals surface area contributed by atoms with Crippen LogP contribution in [0.5, 0.6) is 0 Å². The topological polar surface area (TPSA) is 24.7 Å². The van der Waals surface area contributed by atoms with E-state index in [1.807, 2.05) is 0 Å². The van der Waals surface area contributed by atoms with Crippen molar-refractivity contribution in [3.63, 3.8) is 0 Å². The second kappa shape index (κ2) is 7.14. The predicted molar refractivity (Wildman–Crippen MR) is 67.7 cm³/mol. The Hall–Kier alpha value is -2.92. The molecule has 0 saturated heterocycles. The Morgan fingerprint density at radius 3 is 0.769 bits per heavy atom. The Balaban J connectivity index is 2.43. The summed E-state index contributed by atoms with van der Waals surface area (Å²) in [5.41, 5.74) is -3.06. The van der Waals surface area contributed by atoms with Gasteiger partial charge in [-0.25, -0.2) is 43.9 Å². The van der Waals surface area contributed by atoms with Crippen molar-refractivity contribution in [1.29, 1.82) is 0 Å². The molecule has 0 unspecified atom stereocenters. The summed E-state index contributed by atoms with van der Waals surface area (Å²) in [5.74, 6) is -23.1. The van der Waals surface area contributed by atoms with Crippen molar-refractivity contribution >= 4 is 12.4 Å². The second-order valence-electron chi connectivity index (χ2n) is 4.46. The molecular formula is C14H2F10N2. The van der Waals surface area contributed by atoms with Crippen molar-refractivity contribution in [2.75, 3.05) is 0 Å². The van der Waals surface area contributed by atoms with Crippen molar-refractivity contribution in [1.82, 2.24) is 0 Å². The van der Waals surface area contributed by atoms with Crippen molar-refractivity contribution in [3.8, 4) is 0 Å². The van der Waals surface area contributed by atoms with Gasteiger partial charge in [-0.2, -0.15) is 10.2 Å². The van der Waals surface area contributed by atoms with Crippen LogP contribution >= 0.6 is 0 Å². The van der Waals surface area contributed by atoms with Gasteiger partial charge < -0.3 is 0 Å². The van der Waals surface area contributed by atoms with Crippen LogP contribution in [0.25, 0.3) is 0 Å². The highest BCUT2D eigenvalue weighted by Crippen LogP contribution is 2.23. The van der Waals surface area contributed by atoms with Gasteiger partial charge in [0.2, 0.25) is 11.6 Å². The van der Waals surface area contributed by atoms with E-state index in [0.717, 1.165) is 0 Å². The molecule has 2 aromatic carbocycles. The molecule has 0 saturated carbocycles. The largest absolute Gasteiger partial charge is 0.203 e. The van der Waals surface area contributed by atoms with E-state index in [4.69, 9.17) is 0 Å². The Morgan fingerprint density at radius 2 is 0.538 bits per heavy atom. The van der Waals surface area contributed by atoms with Crippen LogP contribution in [-0.2, 0) is 0 Å². The van der Waals surface area contributed by atoms with Crippen LogP contribution in [-0.4, -0.2) is 12.4 Å². The third kappa shape index (κ3) is 3.13. The van der Waals surface area contributed by atoms with E-state index in [-0.39, 0.29) is 12.4 Å². The van der Waals surface area contributed by atoms with Crippen molar-refractivity contribution < 1.29 is 43.9 Å². The smallest absolute Gasteiger partial charge is 0.200 e. The first-order valence-electron chi connectivity index (χ1n) is 6.18. The monoisotopic (exact) mass is 388 g/mol. The molecule has 0 heterocycles. The van der Waals surface area contributed by atoms with Gasteiger partial charge >= 0.3 is 0 Å². The summed E-state index contributed by atoms with van der Waals surface area (Å²) in [6, 6.07) is 0. The SMILES string of the molecule is Fc1c(F)c(F)c(C=NN=Cc2c(F)c(F)c(F)c(F)c2F)c(F)c1F. The van der Waals surface area contributed by atoms with Crippen LogP contribution in [0.1, 0.15) is 11.1 Å². The fraction of sp³-hybridized carbons (Fsp3) is 0. The molecular weight excluding hydrogens is 386 g/mol. The summed E-state index contributed by atoms with van der Waals surface area (Å²) in [7, 11) is 0. The van der Waals surface area contributed by atoms with Gasteiger partial charge in [-0.15, -0.1) is 0 Å². The third-order valence-corrected chi connectivity index (χ3v) is 2.93. The summed E-state index contributed by atoms with van der Waals surface area (Å²) >= 11 is 0. The van der Waals surface area contributed by atoms with Crippen molar-refractivity contribution in [2.24, 2.45) is 10.2 Å². The van der Waals surface area contributed by atoms with Crippen LogP contribution in [0, 0.1) is 58.2 Å². The Kier molecular flexibility index (Phi) is 5.33. The lowest BCUT2D eigenvalue weighted by atomic mass is 10.2. The first-order valence-corrected chi connectivity index (χ1v) is 6.18. The molecule has 0 amide bonds. The first kappa shape index (κ1) is 19.4. The van der Waals surface area contributed by atoms with Gasteiger partial charge in [0.25, 0.3) is 0 Å². The van der Waals surface area contributed by atoms with Crippen molar-refractivity contribution in [2.45, 2.75) is 0 Å². The molecule has 0 aliphatic heterocycles. The van der Waals surface area contributed by atoms with E-state index < -0.39 is 69.3 Å². The average molecular weight is 388 g/mol. The zero-order valence-corrected chi connectivity index (χ0v) is 11.8. The highest BCUT2D eigenvalue weighted by molar-refractivity contribution is 5.83. The lowest BCUT2D eigenvalue weighted by molar-refractivity contribution is 0.377. The van der Waals surface area contributed by atoms with Gasteiger partial charge in [-0.1, -0.05) is 0 Å². The molecule has 0 atom stereocenters. The van der Waals surface area contributed by atoms with E-state index in [2.05, 4.69) is 10.2 Å². The molecule has 138 valence electrons. The molecule has 0 bridgehead atoms. The average Bonchev–Trinajstić information content (AvgIpc) is 2.63. The van der Waals surface area contributed by atoms with Crippen LogP contribution < -0.4 is 0 Å². The minimum Gasteiger partial charge on any atom is -0.203 e. The number of rotatable bonds is 3. The molecule has 2 nitrogen and oxygen atoms in total. The number of hydrogen-bond acceptors (Lipinski definition) is 2. The lowest BCUT2D eigenvalue weighted by Crippen LogP contribution is -2.07. The standard InChI is InChI=1S/C14H2F10N2/c15-5-3(6(16)10(20)13(23)9(5)19)1-25-26-2-4-7(17)11(21)14(24)12(22)8(4)18/h1-2H. The van der Waals surface area contributed by atoms with Gasteiger partial charge in [0.05, 0.1) is 23.6 Å². The molecule has 0 fully saturated rings. The highest BCUT2D eigenvalue weighted by Gasteiger charge is 2.25. The molecule has 0 radical (unpaired) electrons. The molecule has 0 aromatic heterocycles. The van der Waals surface area contributed by atoms with Crippen LogP contribution in [0.15, 0.2) is 10.2 Å². The van der Waals surface area contributed by atoms with Crippen LogP contribution in [0.2, 0.25) is 0 Å². The van der Waals surface area contributed by atoms with Crippen molar-refractivity contribution in [3.05, 3.63) is 69.3 Å². The quantitative estimate of drug-likeness (QED) is 0.243. The van der Waals surface area contributed by atoms with E-state index >= 15 is 0 Å². The maximum absolute atomic E-state index is 13.3. The Labute approximate surface area is 137 Å². The number of halogens is 10. The minimum absolute atomic E-state index is 0.00118. The van der Waals surface area contributed by atoms with Gasteiger partial charge in [0.15, 0.2) is 46.5 Å². The number of nitrogens with zero attached hydrogens (tertiary/aromatic N) is 2. The van der Waals surface area contributed by atoms with E-state index in [1.54, 1.807) is 0 Å². The Bertz CT molecular complexity index is 816. The molecule has 0 N–H and O–H groups in total. The third-order valence-electron chi connectivity index (χ3n) is 2.93. The second-order valence-corrected chi connectivity index (χ2v) is 4.46. The zero-order valence-electron chi connectivity index (χ0n) is 11.8. The fourth-order valence-corrected chi connectivity index (χ4v) is 1.65. The molecule has 0 spiro atoms. The van der Waals surface area contributed by atoms with Gasteiger partial charge in [-0.3, -0.25) is 0 Å². The molecule has 0 aliphatic rings. The summed E-state index contributed by atoms with van der Waals surface area (Å²) in [4.78, 5) is 0. The predicted octanol–water partition coefficient (Wildman–Crippen LogP) is 4.53. The number of benzene rings is 2. The summed E-state index contributed by atoms with van der Waals surface area (Å²) in [5, 5.41) is 5.54. The molecule has 12 heteroatoms. The normalized spacial score (nSPS) is 11.9. The van der Waals surface area contributed by atoms with Crippen LogP contribution in [0.3, 0.4) is 0 Å². The highest BCUT2D eigenvalue weighted by atomic mass is 19.2. The molecule has 26 heavy (non-hydrogen) atoms. The van der Waals surface area contributed by atoms with E-state index in [1.165, 1.54) is 0 Å². The maximum Gasteiger partial charge on any atom is 0.200 e. The molecule has 0 aliphatic carbocycles. The lowest BCUT2D eigenvalue weighted by Gasteiger charge is -2.03. The van der Waals surface area contributed by atoms with E-state index in [0.29, 0.717) is 0 Å². The van der Waals surface area contributed by atoms with Crippen LogP contribution in [0.4, 0.5) is 43.9 Å². The molecule has 2 aromatic rings. The zero-order chi connectivity index (χ0) is 19.8. The summed E-state index contributed by atoms with van der Waals surface area (Å²) in [6.45, 7) is 0. The van der Waals surface area contributed by atoms with Gasteiger partial charge in [0, 0.05) is 0 Å². The fourth-order valence-electron chi connectivity index (χ4n) is 1.65. The van der Waals surface area contributed by atoms with Gasteiger partial charge in [-0.05, 0) is 0 Å². The number of hydrogen-bond donors (Lipinski definition) is 0. The van der Waals surface area contributed by atoms with E-state index in [9.17, 15) is 43.9 Å². The summed E-state index contributed by atoms with van der Waals surface area (Å²) in [6.07, 6.45) is -0.00235. The summed E-state index contributed by atoms with van der Waals surface area (Å²) < 4.78 is 131. The maximum atomic E-state index is 13.3. The van der Waals surface area contributed by atoms with Gasteiger partial charge in [0.1, 0.15) is 0 Å². The first-order chi connectivity index (χ1) is 12.1.